The molecule has 1 aromatic heterocycles. The predicted molar refractivity (Wildman–Crippen MR) is 119 cm³/mol. The molecule has 0 atom stereocenters. The summed E-state index contributed by atoms with van der Waals surface area (Å²) in [7, 11) is 1.80. The highest BCUT2D eigenvalue weighted by Crippen LogP contribution is 2.43. The number of aromatic nitrogens is 1. The average Bonchev–Trinajstić information content (AvgIpc) is 3.07. The third-order valence-corrected chi connectivity index (χ3v) is 6.31. The number of aliphatic hydroxyl groups is 1. The van der Waals surface area contributed by atoms with Crippen molar-refractivity contribution in [2.75, 3.05) is 13.7 Å². The molecule has 1 heterocycles. The molecule has 1 aliphatic rings. The van der Waals surface area contributed by atoms with Crippen molar-refractivity contribution < 1.29 is 9.84 Å². The Kier molecular flexibility index (Phi) is 4.76. The lowest BCUT2D eigenvalue weighted by Crippen LogP contribution is -2.06. The van der Waals surface area contributed by atoms with E-state index in [1.54, 1.807) is 7.11 Å². The molecule has 5 rings (SSSR count). The van der Waals surface area contributed by atoms with Crippen LogP contribution in [-0.2, 0) is 25.8 Å². The van der Waals surface area contributed by atoms with E-state index in [0.29, 0.717) is 6.42 Å². The van der Waals surface area contributed by atoms with Crippen molar-refractivity contribution in [1.29, 1.82) is 0 Å². The molecule has 0 amide bonds. The van der Waals surface area contributed by atoms with Crippen molar-refractivity contribution in [2.45, 2.75) is 38.6 Å². The largest absolute Gasteiger partial charge is 0.496 e. The summed E-state index contributed by atoms with van der Waals surface area (Å²) in [5.41, 5.74) is 7.75. The van der Waals surface area contributed by atoms with Crippen LogP contribution in [-0.4, -0.2) is 23.4 Å². The monoisotopic (exact) mass is 385 g/mol. The Hall–Kier alpha value is -2.78. The maximum atomic E-state index is 9.67. The second kappa shape index (κ2) is 7.57. The van der Waals surface area contributed by atoms with Crippen molar-refractivity contribution in [3.8, 4) is 5.75 Å². The molecule has 0 fully saturated rings. The van der Waals surface area contributed by atoms with E-state index in [2.05, 4.69) is 59.2 Å². The minimum atomic E-state index is 0.151. The second-order valence-corrected chi connectivity index (χ2v) is 8.01. The number of hydrogen-bond donors (Lipinski definition) is 1. The second-order valence-electron chi connectivity index (χ2n) is 8.01. The van der Waals surface area contributed by atoms with Crippen LogP contribution >= 0.6 is 0 Å². The van der Waals surface area contributed by atoms with E-state index < -0.39 is 0 Å². The van der Waals surface area contributed by atoms with Gasteiger partial charge in [-0.05, 0) is 66.5 Å². The van der Waals surface area contributed by atoms with Crippen LogP contribution in [0.1, 0.15) is 35.1 Å². The van der Waals surface area contributed by atoms with Gasteiger partial charge in [-0.3, -0.25) is 0 Å². The lowest BCUT2D eigenvalue weighted by atomic mass is 9.88. The third-order valence-electron chi connectivity index (χ3n) is 6.31. The Balaban J connectivity index is 1.88. The van der Waals surface area contributed by atoms with Crippen LogP contribution < -0.4 is 4.74 Å². The summed E-state index contributed by atoms with van der Waals surface area (Å²) in [4.78, 5) is 0. The van der Waals surface area contributed by atoms with Gasteiger partial charge in [0.2, 0.25) is 0 Å². The molecule has 3 nitrogen and oxygen atoms in total. The Morgan fingerprint density at radius 1 is 0.931 bits per heavy atom. The number of hydrogen-bond acceptors (Lipinski definition) is 2. The summed E-state index contributed by atoms with van der Waals surface area (Å²) >= 11 is 0. The molecule has 3 heteroatoms. The van der Waals surface area contributed by atoms with Crippen molar-refractivity contribution in [1.82, 2.24) is 4.57 Å². The van der Waals surface area contributed by atoms with Gasteiger partial charge in [0.05, 0.1) is 18.0 Å². The van der Waals surface area contributed by atoms with Gasteiger partial charge in [-0.2, -0.15) is 0 Å². The molecular formula is C26H27NO2. The zero-order valence-electron chi connectivity index (χ0n) is 16.9. The van der Waals surface area contributed by atoms with Crippen LogP contribution in [0.2, 0.25) is 0 Å². The van der Waals surface area contributed by atoms with E-state index in [9.17, 15) is 5.11 Å². The number of benzene rings is 3. The first-order valence-corrected chi connectivity index (χ1v) is 10.6. The SMILES string of the molecule is COc1c2c(cc3c1c1c(CCO)cccc1n3Cc1ccccc1)CCCC2. The molecule has 0 saturated carbocycles. The van der Waals surface area contributed by atoms with E-state index in [1.165, 1.54) is 56.9 Å². The number of methoxy groups -OCH3 is 1. The van der Waals surface area contributed by atoms with Crippen LogP contribution in [0.15, 0.2) is 54.6 Å². The van der Waals surface area contributed by atoms with E-state index in [4.69, 9.17) is 4.74 Å². The maximum absolute atomic E-state index is 9.67. The molecule has 0 aliphatic heterocycles. The highest BCUT2D eigenvalue weighted by Gasteiger charge is 2.23. The van der Waals surface area contributed by atoms with E-state index in [0.717, 1.165) is 25.1 Å². The lowest BCUT2D eigenvalue weighted by molar-refractivity contribution is 0.300. The summed E-state index contributed by atoms with van der Waals surface area (Å²) in [6, 6.07) is 19.5. The molecule has 1 N–H and O–H groups in total. The van der Waals surface area contributed by atoms with E-state index >= 15 is 0 Å². The summed E-state index contributed by atoms with van der Waals surface area (Å²) in [6.07, 6.45) is 5.33. The molecular weight excluding hydrogens is 358 g/mol. The normalized spacial score (nSPS) is 13.7. The minimum absolute atomic E-state index is 0.151. The van der Waals surface area contributed by atoms with Gasteiger partial charge >= 0.3 is 0 Å². The van der Waals surface area contributed by atoms with E-state index in [-0.39, 0.29) is 6.61 Å². The maximum Gasteiger partial charge on any atom is 0.132 e. The highest BCUT2D eigenvalue weighted by atomic mass is 16.5. The molecule has 4 aromatic rings. The number of ether oxygens (including phenoxy) is 1. The van der Waals surface area contributed by atoms with Gasteiger partial charge in [0.1, 0.15) is 5.75 Å². The standard InChI is InChI=1S/C26H27NO2/c1-29-26-21-12-6-5-10-20(21)16-23-25(26)24-19(14-15-28)11-7-13-22(24)27(23)17-18-8-3-2-4-9-18/h2-4,7-9,11,13,16,28H,5-6,10,12,14-15,17H2,1H3. The average molecular weight is 386 g/mol. The van der Waals surface area contributed by atoms with Gasteiger partial charge in [0.15, 0.2) is 0 Å². The zero-order chi connectivity index (χ0) is 19.8. The minimum Gasteiger partial charge on any atom is -0.496 e. The van der Waals surface area contributed by atoms with Gasteiger partial charge in [-0.25, -0.2) is 0 Å². The van der Waals surface area contributed by atoms with Crippen LogP contribution in [0, 0.1) is 0 Å². The summed E-state index contributed by atoms with van der Waals surface area (Å²) in [6.45, 7) is 0.975. The van der Waals surface area contributed by atoms with Gasteiger partial charge in [0, 0.05) is 24.1 Å². The van der Waals surface area contributed by atoms with Crippen molar-refractivity contribution in [3.63, 3.8) is 0 Å². The highest BCUT2D eigenvalue weighted by molar-refractivity contribution is 6.13. The number of fused-ring (bicyclic) bond motifs is 4. The van der Waals surface area contributed by atoms with Gasteiger partial charge < -0.3 is 14.4 Å². The molecule has 0 radical (unpaired) electrons. The van der Waals surface area contributed by atoms with Crippen LogP contribution in [0.25, 0.3) is 21.8 Å². The number of rotatable bonds is 5. The van der Waals surface area contributed by atoms with Gasteiger partial charge in [-0.1, -0.05) is 42.5 Å². The van der Waals surface area contributed by atoms with Gasteiger partial charge in [-0.15, -0.1) is 0 Å². The van der Waals surface area contributed by atoms with Crippen LogP contribution in [0.5, 0.6) is 5.75 Å². The summed E-state index contributed by atoms with van der Waals surface area (Å²) in [5, 5.41) is 12.1. The van der Waals surface area contributed by atoms with Gasteiger partial charge in [0.25, 0.3) is 0 Å². The Morgan fingerprint density at radius 2 is 1.76 bits per heavy atom. The third kappa shape index (κ3) is 3.01. The van der Waals surface area contributed by atoms with Crippen LogP contribution in [0.4, 0.5) is 0 Å². The van der Waals surface area contributed by atoms with Crippen LogP contribution in [0.3, 0.4) is 0 Å². The molecule has 3 aromatic carbocycles. The fourth-order valence-corrected chi connectivity index (χ4v) is 5.03. The van der Waals surface area contributed by atoms with E-state index in [1.807, 2.05) is 0 Å². The van der Waals surface area contributed by atoms with Crippen molar-refractivity contribution in [2.24, 2.45) is 0 Å². The molecule has 1 aliphatic carbocycles. The fraction of sp³-hybridized carbons (Fsp3) is 0.308. The molecule has 29 heavy (non-hydrogen) atoms. The van der Waals surface area contributed by atoms with Crippen molar-refractivity contribution >= 4 is 21.8 Å². The number of aliphatic hydroxyl groups excluding tert-OH is 1. The molecule has 0 spiro atoms. The first-order chi connectivity index (χ1) is 14.3. The fourth-order valence-electron chi connectivity index (χ4n) is 5.03. The zero-order valence-corrected chi connectivity index (χ0v) is 16.9. The topological polar surface area (TPSA) is 34.4 Å². The first kappa shape index (κ1) is 18.3. The molecule has 148 valence electrons. The quantitative estimate of drug-likeness (QED) is 0.508. The molecule has 0 saturated heterocycles. The number of nitrogens with zero attached hydrogens (tertiary/aromatic N) is 1. The Labute approximate surface area is 171 Å². The Morgan fingerprint density at radius 3 is 2.55 bits per heavy atom. The predicted octanol–water partition coefficient (Wildman–Crippen LogP) is 5.27. The summed E-state index contributed by atoms with van der Waals surface area (Å²) in [5.74, 6) is 1.04. The lowest BCUT2D eigenvalue weighted by Gasteiger charge is -2.20. The molecule has 0 bridgehead atoms. The Bertz CT molecular complexity index is 1170. The summed E-state index contributed by atoms with van der Waals surface area (Å²) < 4.78 is 8.48. The number of aryl methyl sites for hydroxylation is 1. The van der Waals surface area contributed by atoms with Crippen molar-refractivity contribution in [3.05, 3.63) is 76.9 Å². The smallest absolute Gasteiger partial charge is 0.132 e. The first-order valence-electron chi connectivity index (χ1n) is 10.6. The molecule has 0 unspecified atom stereocenters.